The summed E-state index contributed by atoms with van der Waals surface area (Å²) in [5.74, 6) is 0. The molecule has 0 saturated heterocycles. The predicted molar refractivity (Wildman–Crippen MR) is 43.1 cm³/mol. The first-order chi connectivity index (χ1) is 5.55. The lowest BCUT2D eigenvalue weighted by Gasteiger charge is -2.01. The van der Waals surface area contributed by atoms with E-state index in [-0.39, 0.29) is 11.4 Å². The van der Waals surface area contributed by atoms with Crippen LogP contribution in [-0.4, -0.2) is 13.0 Å². The molecule has 0 unspecified atom stereocenters. The fraction of sp³-hybridized carbons (Fsp3) is 0.143. The Morgan fingerprint density at radius 1 is 1.33 bits per heavy atom. The molecule has 1 radical (unpaired) electrons. The van der Waals surface area contributed by atoms with Crippen molar-refractivity contribution < 1.29 is 13.0 Å². The molecule has 0 heterocycles. The van der Waals surface area contributed by atoms with Crippen molar-refractivity contribution in [3.05, 3.63) is 29.8 Å². The SMILES string of the molecule is [NH]Cc1ccccc1S(=O)(=O)O. The van der Waals surface area contributed by atoms with E-state index in [1.165, 1.54) is 18.2 Å². The van der Waals surface area contributed by atoms with Crippen molar-refractivity contribution in [2.75, 3.05) is 0 Å². The Kier molecular flexibility index (Phi) is 2.46. The van der Waals surface area contributed by atoms with Crippen LogP contribution < -0.4 is 5.73 Å². The van der Waals surface area contributed by atoms with E-state index in [4.69, 9.17) is 10.3 Å². The summed E-state index contributed by atoms with van der Waals surface area (Å²) < 4.78 is 30.1. The van der Waals surface area contributed by atoms with Crippen LogP contribution in [0.2, 0.25) is 0 Å². The van der Waals surface area contributed by atoms with Gasteiger partial charge in [0.05, 0.1) is 4.90 Å². The molecule has 1 aromatic carbocycles. The van der Waals surface area contributed by atoms with Crippen LogP contribution in [0.1, 0.15) is 5.56 Å². The summed E-state index contributed by atoms with van der Waals surface area (Å²) in [6.07, 6.45) is 0. The monoisotopic (exact) mass is 186 g/mol. The molecule has 0 aliphatic rings. The normalized spacial score (nSPS) is 11.5. The van der Waals surface area contributed by atoms with Gasteiger partial charge in [-0.2, -0.15) is 8.42 Å². The molecule has 0 aliphatic heterocycles. The Bertz CT molecular complexity index is 372. The molecule has 1 aromatic rings. The predicted octanol–water partition coefficient (Wildman–Crippen LogP) is 0.716. The maximum atomic E-state index is 10.7. The Morgan fingerprint density at radius 2 is 1.92 bits per heavy atom. The third kappa shape index (κ3) is 1.82. The van der Waals surface area contributed by atoms with Crippen LogP contribution in [0.4, 0.5) is 0 Å². The van der Waals surface area contributed by atoms with Gasteiger partial charge in [-0.3, -0.25) is 10.3 Å². The number of rotatable bonds is 2. The van der Waals surface area contributed by atoms with E-state index in [1.807, 2.05) is 0 Å². The zero-order valence-corrected chi connectivity index (χ0v) is 7.00. The van der Waals surface area contributed by atoms with Crippen LogP contribution in [0, 0.1) is 0 Å². The molecule has 12 heavy (non-hydrogen) atoms. The van der Waals surface area contributed by atoms with E-state index in [9.17, 15) is 8.42 Å². The topological polar surface area (TPSA) is 78.2 Å². The molecule has 0 amide bonds. The second kappa shape index (κ2) is 3.22. The Morgan fingerprint density at radius 3 is 2.33 bits per heavy atom. The molecule has 5 heteroatoms. The lowest BCUT2D eigenvalue weighted by atomic mass is 10.2. The summed E-state index contributed by atoms with van der Waals surface area (Å²) in [4.78, 5) is -0.181. The van der Waals surface area contributed by atoms with Crippen LogP contribution >= 0.6 is 0 Å². The van der Waals surface area contributed by atoms with Crippen molar-refractivity contribution in [1.82, 2.24) is 5.73 Å². The second-order valence-electron chi connectivity index (χ2n) is 2.26. The highest BCUT2D eigenvalue weighted by Crippen LogP contribution is 2.13. The highest BCUT2D eigenvalue weighted by Gasteiger charge is 2.12. The van der Waals surface area contributed by atoms with Crippen LogP contribution in [-0.2, 0) is 16.7 Å². The van der Waals surface area contributed by atoms with Gasteiger partial charge in [-0.1, -0.05) is 18.2 Å². The summed E-state index contributed by atoms with van der Waals surface area (Å²) in [6, 6.07) is 5.90. The van der Waals surface area contributed by atoms with Gasteiger partial charge in [0.25, 0.3) is 10.1 Å². The maximum Gasteiger partial charge on any atom is 0.294 e. The number of hydrogen-bond donors (Lipinski definition) is 1. The fourth-order valence-corrected chi connectivity index (χ4v) is 1.62. The maximum absolute atomic E-state index is 10.7. The highest BCUT2D eigenvalue weighted by atomic mass is 32.2. The molecular weight excluding hydrogens is 178 g/mol. The van der Waals surface area contributed by atoms with E-state index in [0.29, 0.717) is 5.56 Å². The smallest absolute Gasteiger partial charge is 0.282 e. The summed E-state index contributed by atoms with van der Waals surface area (Å²) in [6.45, 7) is -0.157. The zero-order chi connectivity index (χ0) is 9.19. The lowest BCUT2D eigenvalue weighted by molar-refractivity contribution is 0.482. The van der Waals surface area contributed by atoms with Gasteiger partial charge in [-0.25, -0.2) is 0 Å². The minimum atomic E-state index is -4.17. The van der Waals surface area contributed by atoms with Gasteiger partial charge < -0.3 is 0 Å². The molecule has 2 N–H and O–H groups in total. The van der Waals surface area contributed by atoms with Gasteiger partial charge in [0.2, 0.25) is 0 Å². The molecule has 0 bridgehead atoms. The number of hydrogen-bond acceptors (Lipinski definition) is 2. The summed E-state index contributed by atoms with van der Waals surface area (Å²) in [5.41, 5.74) is 7.29. The van der Waals surface area contributed by atoms with Gasteiger partial charge >= 0.3 is 0 Å². The van der Waals surface area contributed by atoms with Crippen molar-refractivity contribution in [2.45, 2.75) is 11.4 Å². The highest BCUT2D eigenvalue weighted by molar-refractivity contribution is 7.85. The van der Waals surface area contributed by atoms with Gasteiger partial charge in [0.1, 0.15) is 0 Å². The Labute approximate surface area is 70.8 Å². The molecule has 0 aliphatic carbocycles. The molecule has 0 fully saturated rings. The molecule has 4 nitrogen and oxygen atoms in total. The summed E-state index contributed by atoms with van der Waals surface area (Å²) >= 11 is 0. The van der Waals surface area contributed by atoms with Gasteiger partial charge in [0, 0.05) is 6.54 Å². The molecule has 65 valence electrons. The van der Waals surface area contributed by atoms with E-state index in [2.05, 4.69) is 0 Å². The Balaban J connectivity index is 3.33. The Hall–Kier alpha value is -0.910. The first-order valence-corrected chi connectivity index (χ1v) is 4.69. The van der Waals surface area contributed by atoms with Crippen molar-refractivity contribution >= 4 is 10.1 Å². The molecule has 0 spiro atoms. The first-order valence-electron chi connectivity index (χ1n) is 3.25. The van der Waals surface area contributed by atoms with E-state index in [0.717, 1.165) is 0 Å². The van der Waals surface area contributed by atoms with Crippen molar-refractivity contribution in [2.24, 2.45) is 0 Å². The van der Waals surface area contributed by atoms with Crippen LogP contribution in [0.25, 0.3) is 0 Å². The van der Waals surface area contributed by atoms with Gasteiger partial charge in [0.15, 0.2) is 0 Å². The quantitative estimate of drug-likeness (QED) is 0.691. The molecule has 1 rings (SSSR count). The largest absolute Gasteiger partial charge is 0.294 e. The van der Waals surface area contributed by atoms with Gasteiger partial charge in [-0.15, -0.1) is 0 Å². The van der Waals surface area contributed by atoms with Crippen molar-refractivity contribution in [1.29, 1.82) is 0 Å². The molecule has 0 saturated carbocycles. The van der Waals surface area contributed by atoms with Gasteiger partial charge in [-0.05, 0) is 11.6 Å². The second-order valence-corrected chi connectivity index (χ2v) is 3.65. The molecule has 0 aromatic heterocycles. The standard InChI is InChI=1S/C7H8NO3S/c8-5-6-3-1-2-4-7(6)12(9,10)11/h1-4,8H,5H2,(H,9,10,11). The van der Waals surface area contributed by atoms with E-state index >= 15 is 0 Å². The fourth-order valence-electron chi connectivity index (χ4n) is 0.902. The third-order valence-electron chi connectivity index (χ3n) is 1.44. The van der Waals surface area contributed by atoms with E-state index < -0.39 is 10.1 Å². The van der Waals surface area contributed by atoms with Crippen molar-refractivity contribution in [3.8, 4) is 0 Å². The summed E-state index contributed by atoms with van der Waals surface area (Å²) in [5, 5.41) is 0. The zero-order valence-electron chi connectivity index (χ0n) is 6.19. The molecular formula is C7H8NO3S. The number of benzene rings is 1. The lowest BCUT2D eigenvalue weighted by Crippen LogP contribution is -2.02. The summed E-state index contributed by atoms with van der Waals surface area (Å²) in [7, 11) is -4.17. The molecule has 0 atom stereocenters. The van der Waals surface area contributed by atoms with Crippen LogP contribution in [0.3, 0.4) is 0 Å². The number of nitrogens with one attached hydrogen (secondary N) is 1. The third-order valence-corrected chi connectivity index (χ3v) is 2.40. The minimum Gasteiger partial charge on any atom is -0.282 e. The van der Waals surface area contributed by atoms with Crippen LogP contribution in [0.15, 0.2) is 29.2 Å². The first kappa shape index (κ1) is 9.18. The average molecular weight is 186 g/mol. The van der Waals surface area contributed by atoms with Crippen LogP contribution in [0.5, 0.6) is 0 Å². The van der Waals surface area contributed by atoms with Crippen molar-refractivity contribution in [3.63, 3.8) is 0 Å². The average Bonchev–Trinajstić information content (AvgIpc) is 2.03. The van der Waals surface area contributed by atoms with E-state index in [1.54, 1.807) is 6.07 Å². The minimum absolute atomic E-state index is 0.157.